The van der Waals surface area contributed by atoms with Gasteiger partial charge in [0.15, 0.2) is 0 Å². The Labute approximate surface area is 125 Å². The summed E-state index contributed by atoms with van der Waals surface area (Å²) in [6.45, 7) is 5.17. The molecule has 0 aliphatic carbocycles. The van der Waals surface area contributed by atoms with E-state index in [-0.39, 0.29) is 0 Å². The molecular formula is C17H32N2O. The first-order valence-electron chi connectivity index (χ1n) is 7.53. The predicted octanol–water partition coefficient (Wildman–Crippen LogP) is 3.67. The normalized spacial score (nSPS) is 13.3. The third-order valence-electron chi connectivity index (χ3n) is 2.89. The van der Waals surface area contributed by atoms with Gasteiger partial charge in [0.2, 0.25) is 0 Å². The SMILES string of the molecule is CC.CN(C)C.COc1ccc2c(c1)CCCCN2C. The molecule has 3 nitrogen and oxygen atoms in total. The monoisotopic (exact) mass is 280 g/mol. The molecule has 0 fully saturated rings. The first-order chi connectivity index (χ1) is 9.54. The van der Waals surface area contributed by atoms with Gasteiger partial charge in [-0.15, -0.1) is 0 Å². The zero-order valence-electron chi connectivity index (χ0n) is 14.4. The maximum absolute atomic E-state index is 5.24. The summed E-state index contributed by atoms with van der Waals surface area (Å²) in [7, 11) is 9.89. The summed E-state index contributed by atoms with van der Waals surface area (Å²) in [5.74, 6) is 0.971. The first kappa shape index (κ1) is 18.8. The predicted molar refractivity (Wildman–Crippen MR) is 90.2 cm³/mol. The summed E-state index contributed by atoms with van der Waals surface area (Å²) in [4.78, 5) is 4.34. The van der Waals surface area contributed by atoms with Gasteiger partial charge in [-0.2, -0.15) is 0 Å². The molecule has 20 heavy (non-hydrogen) atoms. The molecule has 0 radical (unpaired) electrons. The fourth-order valence-electron chi connectivity index (χ4n) is 2.05. The van der Waals surface area contributed by atoms with Crippen LogP contribution in [-0.2, 0) is 6.42 Å². The van der Waals surface area contributed by atoms with Crippen LogP contribution in [0, 0.1) is 0 Å². The van der Waals surface area contributed by atoms with E-state index in [0.29, 0.717) is 0 Å². The fourth-order valence-corrected chi connectivity index (χ4v) is 2.05. The van der Waals surface area contributed by atoms with E-state index in [1.165, 1.54) is 37.1 Å². The number of ether oxygens (including phenoxy) is 1. The first-order valence-corrected chi connectivity index (χ1v) is 7.53. The Hall–Kier alpha value is -1.22. The second kappa shape index (κ2) is 10.6. The Balaban J connectivity index is 0.000000521. The average Bonchev–Trinajstić information content (AvgIpc) is 2.62. The van der Waals surface area contributed by atoms with Crippen LogP contribution in [0.25, 0.3) is 0 Å². The van der Waals surface area contributed by atoms with Crippen molar-refractivity contribution in [2.75, 3.05) is 46.7 Å². The van der Waals surface area contributed by atoms with Crippen LogP contribution in [0.3, 0.4) is 0 Å². The van der Waals surface area contributed by atoms with E-state index in [2.05, 4.69) is 24.1 Å². The molecule has 3 heteroatoms. The van der Waals surface area contributed by atoms with E-state index in [1.54, 1.807) is 7.11 Å². The van der Waals surface area contributed by atoms with Crippen LogP contribution in [0.5, 0.6) is 5.75 Å². The standard InChI is InChI=1S/C12H17NO.C3H9N.C2H6/c1-13-8-4-3-5-10-9-11(14-2)6-7-12(10)13;1-4(2)3;1-2/h6-7,9H,3-5,8H2,1-2H3;1-3H3;1-2H3. The number of nitrogens with zero attached hydrogens (tertiary/aromatic N) is 2. The van der Waals surface area contributed by atoms with Gasteiger partial charge in [-0.05, 0) is 64.2 Å². The van der Waals surface area contributed by atoms with E-state index in [1.807, 2.05) is 46.0 Å². The number of aryl methyl sites for hydroxylation is 1. The smallest absolute Gasteiger partial charge is 0.119 e. The minimum absolute atomic E-state index is 0.971. The summed E-state index contributed by atoms with van der Waals surface area (Å²) in [5, 5.41) is 0. The van der Waals surface area contributed by atoms with Crippen molar-refractivity contribution in [3.05, 3.63) is 23.8 Å². The summed E-state index contributed by atoms with van der Waals surface area (Å²) >= 11 is 0. The molecule has 1 aliphatic rings. The maximum Gasteiger partial charge on any atom is 0.119 e. The lowest BCUT2D eigenvalue weighted by Gasteiger charge is -2.19. The second-order valence-electron chi connectivity index (χ2n) is 5.21. The number of anilines is 1. The molecule has 0 amide bonds. The van der Waals surface area contributed by atoms with E-state index < -0.39 is 0 Å². The third-order valence-corrected chi connectivity index (χ3v) is 2.89. The van der Waals surface area contributed by atoms with Crippen LogP contribution in [0.4, 0.5) is 5.69 Å². The number of methoxy groups -OCH3 is 1. The molecular weight excluding hydrogens is 248 g/mol. The van der Waals surface area contributed by atoms with Crippen molar-refractivity contribution in [3.63, 3.8) is 0 Å². The maximum atomic E-state index is 5.24. The minimum Gasteiger partial charge on any atom is -0.497 e. The highest BCUT2D eigenvalue weighted by atomic mass is 16.5. The average molecular weight is 280 g/mol. The molecule has 0 unspecified atom stereocenters. The topological polar surface area (TPSA) is 15.7 Å². The second-order valence-corrected chi connectivity index (χ2v) is 5.21. The van der Waals surface area contributed by atoms with Crippen LogP contribution >= 0.6 is 0 Å². The van der Waals surface area contributed by atoms with Gasteiger partial charge in [-0.3, -0.25) is 0 Å². The Bertz CT molecular complexity index is 361. The van der Waals surface area contributed by atoms with Gasteiger partial charge in [-0.25, -0.2) is 0 Å². The molecule has 1 heterocycles. The lowest BCUT2D eigenvalue weighted by atomic mass is 10.1. The van der Waals surface area contributed by atoms with Crippen LogP contribution in [0.1, 0.15) is 32.3 Å². The Kier molecular flexibility index (Phi) is 9.91. The van der Waals surface area contributed by atoms with Crippen LogP contribution in [-0.4, -0.2) is 46.7 Å². The molecule has 2 rings (SSSR count). The van der Waals surface area contributed by atoms with Crippen LogP contribution < -0.4 is 9.64 Å². The highest BCUT2D eigenvalue weighted by molar-refractivity contribution is 5.56. The molecule has 0 N–H and O–H groups in total. The molecule has 116 valence electrons. The fraction of sp³-hybridized carbons (Fsp3) is 0.647. The number of hydrogen-bond acceptors (Lipinski definition) is 3. The molecule has 0 aromatic heterocycles. The largest absolute Gasteiger partial charge is 0.497 e. The third kappa shape index (κ3) is 6.80. The van der Waals surface area contributed by atoms with Crippen molar-refractivity contribution in [1.82, 2.24) is 4.90 Å². The molecule has 0 bridgehead atoms. The van der Waals surface area contributed by atoms with E-state index in [9.17, 15) is 0 Å². The Morgan fingerprint density at radius 1 is 1.10 bits per heavy atom. The van der Waals surface area contributed by atoms with Gasteiger partial charge in [0.1, 0.15) is 5.75 Å². The number of benzene rings is 1. The van der Waals surface area contributed by atoms with Crippen molar-refractivity contribution in [3.8, 4) is 5.75 Å². The zero-order valence-corrected chi connectivity index (χ0v) is 14.4. The molecule has 1 aromatic rings. The Morgan fingerprint density at radius 3 is 2.25 bits per heavy atom. The van der Waals surface area contributed by atoms with Gasteiger partial charge in [0.05, 0.1) is 7.11 Å². The zero-order chi connectivity index (χ0) is 15.5. The molecule has 0 saturated carbocycles. The van der Waals surface area contributed by atoms with Crippen molar-refractivity contribution in [1.29, 1.82) is 0 Å². The van der Waals surface area contributed by atoms with Gasteiger partial charge < -0.3 is 14.5 Å². The number of rotatable bonds is 1. The lowest BCUT2D eigenvalue weighted by molar-refractivity contribution is 0.414. The molecule has 1 aliphatic heterocycles. The van der Waals surface area contributed by atoms with Crippen molar-refractivity contribution < 1.29 is 4.74 Å². The molecule has 0 spiro atoms. The van der Waals surface area contributed by atoms with Gasteiger partial charge in [0, 0.05) is 19.3 Å². The van der Waals surface area contributed by atoms with E-state index >= 15 is 0 Å². The molecule has 0 atom stereocenters. The van der Waals surface area contributed by atoms with Crippen LogP contribution in [0.15, 0.2) is 18.2 Å². The van der Waals surface area contributed by atoms with Crippen molar-refractivity contribution >= 4 is 5.69 Å². The summed E-state index contributed by atoms with van der Waals surface area (Å²) in [6, 6.07) is 6.37. The van der Waals surface area contributed by atoms with Crippen molar-refractivity contribution in [2.24, 2.45) is 0 Å². The van der Waals surface area contributed by atoms with Gasteiger partial charge >= 0.3 is 0 Å². The lowest BCUT2D eigenvalue weighted by Crippen LogP contribution is -2.17. The quantitative estimate of drug-likeness (QED) is 0.780. The van der Waals surface area contributed by atoms with Crippen molar-refractivity contribution in [2.45, 2.75) is 33.1 Å². The number of hydrogen-bond donors (Lipinski definition) is 0. The summed E-state index contributed by atoms with van der Waals surface area (Å²) < 4.78 is 5.24. The Morgan fingerprint density at radius 2 is 1.70 bits per heavy atom. The summed E-state index contributed by atoms with van der Waals surface area (Å²) in [6.07, 6.45) is 3.74. The number of fused-ring (bicyclic) bond motifs is 1. The van der Waals surface area contributed by atoms with Gasteiger partial charge in [-0.1, -0.05) is 13.8 Å². The molecule has 0 saturated heterocycles. The van der Waals surface area contributed by atoms with E-state index in [0.717, 1.165) is 5.75 Å². The highest BCUT2D eigenvalue weighted by Crippen LogP contribution is 2.28. The van der Waals surface area contributed by atoms with Gasteiger partial charge in [0.25, 0.3) is 0 Å². The highest BCUT2D eigenvalue weighted by Gasteiger charge is 2.12. The van der Waals surface area contributed by atoms with E-state index in [4.69, 9.17) is 4.74 Å². The molecule has 1 aromatic carbocycles. The van der Waals surface area contributed by atoms with Crippen LogP contribution in [0.2, 0.25) is 0 Å². The summed E-state index contributed by atoms with van der Waals surface area (Å²) in [5.41, 5.74) is 2.78. The minimum atomic E-state index is 0.971.